The Labute approximate surface area is 108 Å². The van der Waals surface area contributed by atoms with E-state index in [0.717, 1.165) is 5.82 Å². The smallest absolute Gasteiger partial charge is 0.145 e. The molecule has 0 amide bonds. The molecule has 1 saturated carbocycles. The Bertz CT molecular complexity index is 381. The molecule has 1 aromatic rings. The van der Waals surface area contributed by atoms with E-state index in [1.165, 1.54) is 32.1 Å². The van der Waals surface area contributed by atoms with E-state index in [9.17, 15) is 0 Å². The molecule has 0 bridgehead atoms. The van der Waals surface area contributed by atoms with Gasteiger partial charge in [0.25, 0.3) is 0 Å². The first-order chi connectivity index (χ1) is 8.16. The van der Waals surface area contributed by atoms with Crippen molar-refractivity contribution in [2.24, 2.45) is 5.92 Å². The van der Waals surface area contributed by atoms with Gasteiger partial charge in [-0.3, -0.25) is 0 Å². The molecule has 1 aliphatic rings. The van der Waals surface area contributed by atoms with Crippen LogP contribution in [-0.4, -0.2) is 11.0 Å². The zero-order valence-corrected chi connectivity index (χ0v) is 11.0. The van der Waals surface area contributed by atoms with Gasteiger partial charge in [0, 0.05) is 6.04 Å². The van der Waals surface area contributed by atoms with E-state index in [4.69, 9.17) is 17.3 Å². The first-order valence-corrected chi connectivity index (χ1v) is 6.72. The second-order valence-corrected chi connectivity index (χ2v) is 5.37. The van der Waals surface area contributed by atoms with Gasteiger partial charge in [-0.05, 0) is 24.8 Å². The van der Waals surface area contributed by atoms with Gasteiger partial charge in [-0.1, -0.05) is 37.8 Å². The zero-order chi connectivity index (χ0) is 12.3. The second kappa shape index (κ2) is 5.58. The number of aromatic nitrogens is 1. The Kier molecular flexibility index (Phi) is 4.11. The fourth-order valence-corrected chi connectivity index (χ4v) is 2.67. The van der Waals surface area contributed by atoms with Crippen molar-refractivity contribution in [3.05, 3.63) is 17.3 Å². The third-order valence-electron chi connectivity index (χ3n) is 3.55. The number of pyridine rings is 1. The van der Waals surface area contributed by atoms with Gasteiger partial charge in [-0.2, -0.15) is 0 Å². The summed E-state index contributed by atoms with van der Waals surface area (Å²) in [6.07, 6.45) is 8.09. The average molecular weight is 254 g/mol. The number of anilines is 2. The number of hydrogen-bond acceptors (Lipinski definition) is 3. The van der Waals surface area contributed by atoms with Crippen LogP contribution >= 0.6 is 11.6 Å². The minimum Gasteiger partial charge on any atom is -0.397 e. The molecular weight excluding hydrogens is 234 g/mol. The lowest BCUT2D eigenvalue weighted by Gasteiger charge is -2.23. The summed E-state index contributed by atoms with van der Waals surface area (Å²) in [7, 11) is 0. The van der Waals surface area contributed by atoms with Crippen molar-refractivity contribution < 1.29 is 0 Å². The van der Waals surface area contributed by atoms with Gasteiger partial charge < -0.3 is 11.1 Å². The molecule has 0 radical (unpaired) electrons. The predicted molar refractivity (Wildman–Crippen MR) is 73.3 cm³/mol. The van der Waals surface area contributed by atoms with Crippen LogP contribution in [0.4, 0.5) is 11.5 Å². The number of nitrogen functional groups attached to an aromatic ring is 1. The van der Waals surface area contributed by atoms with Crippen molar-refractivity contribution in [3.8, 4) is 0 Å². The molecule has 3 N–H and O–H groups in total. The monoisotopic (exact) mass is 253 g/mol. The highest BCUT2D eigenvalue weighted by Gasteiger charge is 2.20. The van der Waals surface area contributed by atoms with E-state index < -0.39 is 0 Å². The third-order valence-corrected chi connectivity index (χ3v) is 3.83. The lowest BCUT2D eigenvalue weighted by Crippen LogP contribution is -2.26. The number of nitrogens with zero attached hydrogens (tertiary/aromatic N) is 1. The van der Waals surface area contributed by atoms with Crippen molar-refractivity contribution in [1.82, 2.24) is 4.98 Å². The maximum Gasteiger partial charge on any atom is 0.145 e. The van der Waals surface area contributed by atoms with E-state index >= 15 is 0 Å². The van der Waals surface area contributed by atoms with Gasteiger partial charge >= 0.3 is 0 Å². The number of hydrogen-bond donors (Lipinski definition) is 2. The summed E-state index contributed by atoms with van der Waals surface area (Å²) in [5, 5.41) is 4.08. The molecule has 94 valence electrons. The van der Waals surface area contributed by atoms with Crippen LogP contribution in [-0.2, 0) is 0 Å². The van der Waals surface area contributed by atoms with E-state index in [0.29, 0.717) is 22.7 Å². The standard InChI is InChI=1S/C13H20ClN3/c1-9-5-3-2-4-6-12(9)17-13-11(14)7-10(15)8-16-13/h7-9,12H,2-6,15H2,1H3,(H,16,17). The maximum absolute atomic E-state index is 6.13. The summed E-state index contributed by atoms with van der Waals surface area (Å²) < 4.78 is 0. The molecule has 1 fully saturated rings. The molecule has 2 rings (SSSR count). The van der Waals surface area contributed by atoms with Crippen LogP contribution in [0.3, 0.4) is 0 Å². The normalized spacial score (nSPS) is 25.3. The first-order valence-electron chi connectivity index (χ1n) is 6.34. The van der Waals surface area contributed by atoms with E-state index in [1.54, 1.807) is 12.3 Å². The summed E-state index contributed by atoms with van der Waals surface area (Å²) in [6, 6.07) is 2.23. The molecule has 0 aromatic carbocycles. The Morgan fingerprint density at radius 2 is 2.12 bits per heavy atom. The molecule has 1 aromatic heterocycles. The molecule has 2 atom stereocenters. The molecule has 2 unspecified atom stereocenters. The molecule has 17 heavy (non-hydrogen) atoms. The average Bonchev–Trinajstić information content (AvgIpc) is 2.48. The Hall–Kier alpha value is -0.960. The molecule has 0 saturated heterocycles. The summed E-state index contributed by atoms with van der Waals surface area (Å²) in [6.45, 7) is 2.30. The summed E-state index contributed by atoms with van der Waals surface area (Å²) in [5.41, 5.74) is 6.24. The third kappa shape index (κ3) is 3.25. The Balaban J connectivity index is 2.08. The van der Waals surface area contributed by atoms with Gasteiger partial charge in [0.05, 0.1) is 16.9 Å². The Morgan fingerprint density at radius 1 is 1.35 bits per heavy atom. The van der Waals surface area contributed by atoms with Crippen LogP contribution in [0.2, 0.25) is 5.02 Å². The predicted octanol–water partition coefficient (Wildman–Crippen LogP) is 3.70. The number of nitrogens with one attached hydrogen (secondary N) is 1. The summed E-state index contributed by atoms with van der Waals surface area (Å²) >= 11 is 6.13. The molecule has 4 heteroatoms. The van der Waals surface area contributed by atoms with Gasteiger partial charge in [0.2, 0.25) is 0 Å². The van der Waals surface area contributed by atoms with Crippen molar-refractivity contribution in [1.29, 1.82) is 0 Å². The van der Waals surface area contributed by atoms with E-state index in [1.807, 2.05) is 0 Å². The molecule has 0 spiro atoms. The van der Waals surface area contributed by atoms with Crippen LogP contribution < -0.4 is 11.1 Å². The highest BCUT2D eigenvalue weighted by molar-refractivity contribution is 6.33. The topological polar surface area (TPSA) is 50.9 Å². The molecule has 1 aliphatic carbocycles. The minimum absolute atomic E-state index is 0.478. The van der Waals surface area contributed by atoms with Crippen LogP contribution in [0.25, 0.3) is 0 Å². The van der Waals surface area contributed by atoms with Crippen LogP contribution in [0.5, 0.6) is 0 Å². The number of halogens is 1. The van der Waals surface area contributed by atoms with Crippen LogP contribution in [0.15, 0.2) is 12.3 Å². The lowest BCUT2D eigenvalue weighted by atomic mass is 9.97. The second-order valence-electron chi connectivity index (χ2n) is 4.97. The van der Waals surface area contributed by atoms with Crippen LogP contribution in [0.1, 0.15) is 39.0 Å². The summed E-state index contributed by atoms with van der Waals surface area (Å²) in [4.78, 5) is 4.27. The highest BCUT2D eigenvalue weighted by Crippen LogP contribution is 2.28. The molecule has 3 nitrogen and oxygen atoms in total. The largest absolute Gasteiger partial charge is 0.397 e. The quantitative estimate of drug-likeness (QED) is 0.791. The van der Waals surface area contributed by atoms with Crippen molar-refractivity contribution in [3.63, 3.8) is 0 Å². The maximum atomic E-state index is 6.13. The van der Waals surface area contributed by atoms with Gasteiger partial charge in [0.15, 0.2) is 0 Å². The van der Waals surface area contributed by atoms with Crippen molar-refractivity contribution in [2.75, 3.05) is 11.1 Å². The Morgan fingerprint density at radius 3 is 2.88 bits per heavy atom. The van der Waals surface area contributed by atoms with Gasteiger partial charge in [-0.15, -0.1) is 0 Å². The highest BCUT2D eigenvalue weighted by atomic mass is 35.5. The summed E-state index contributed by atoms with van der Waals surface area (Å²) in [5.74, 6) is 1.44. The molecular formula is C13H20ClN3. The fraction of sp³-hybridized carbons (Fsp3) is 0.615. The fourth-order valence-electron chi connectivity index (χ4n) is 2.44. The molecule has 1 heterocycles. The SMILES string of the molecule is CC1CCCCCC1Nc1ncc(N)cc1Cl. The lowest BCUT2D eigenvalue weighted by molar-refractivity contribution is 0.456. The van der Waals surface area contributed by atoms with E-state index in [-0.39, 0.29) is 0 Å². The molecule has 0 aliphatic heterocycles. The van der Waals surface area contributed by atoms with Crippen molar-refractivity contribution >= 4 is 23.1 Å². The van der Waals surface area contributed by atoms with Crippen molar-refractivity contribution in [2.45, 2.75) is 45.1 Å². The van der Waals surface area contributed by atoms with Gasteiger partial charge in [-0.25, -0.2) is 4.98 Å². The zero-order valence-electron chi connectivity index (χ0n) is 10.2. The van der Waals surface area contributed by atoms with Gasteiger partial charge in [0.1, 0.15) is 5.82 Å². The van der Waals surface area contributed by atoms with E-state index in [2.05, 4.69) is 17.2 Å². The van der Waals surface area contributed by atoms with Crippen LogP contribution in [0, 0.1) is 5.92 Å². The first kappa shape index (κ1) is 12.5. The number of nitrogens with two attached hydrogens (primary N) is 1. The number of rotatable bonds is 2. The minimum atomic E-state index is 0.478.